The summed E-state index contributed by atoms with van der Waals surface area (Å²) < 4.78 is 10.9. The largest absolute Gasteiger partial charge is 0.423 e. The summed E-state index contributed by atoms with van der Waals surface area (Å²) in [5.74, 6) is 0. The van der Waals surface area contributed by atoms with Crippen molar-refractivity contribution in [2.45, 2.75) is 0 Å². The van der Waals surface area contributed by atoms with Crippen molar-refractivity contribution in [3.8, 4) is 11.7 Å². The van der Waals surface area contributed by atoms with Crippen LogP contribution in [0.15, 0.2) is 132 Å². The van der Waals surface area contributed by atoms with Crippen molar-refractivity contribution in [2.75, 3.05) is 0 Å². The highest BCUT2D eigenvalue weighted by Crippen LogP contribution is 2.42. The Labute approximate surface area is 222 Å². The topological polar surface area (TPSA) is 35.9 Å². The fraction of sp³-hybridized carbons (Fsp3) is 0. The fourth-order valence-electron chi connectivity index (χ4n) is 6.32. The van der Waals surface area contributed by atoms with E-state index in [1.54, 1.807) is 0 Å². The van der Waals surface area contributed by atoms with Gasteiger partial charge in [-0.3, -0.25) is 4.57 Å². The molecule has 4 heteroatoms. The third kappa shape index (κ3) is 2.75. The van der Waals surface area contributed by atoms with E-state index in [0.717, 1.165) is 27.8 Å². The van der Waals surface area contributed by atoms with Crippen LogP contribution in [0.3, 0.4) is 0 Å². The van der Waals surface area contributed by atoms with Crippen LogP contribution in [-0.4, -0.2) is 14.1 Å². The SMILES string of the molecule is c1ccc(-n2c3ccccc3c3ccc4c(ccc5c6ccccc6n(-c6nc7ccccc7o6)c54)c32)cc1. The summed E-state index contributed by atoms with van der Waals surface area (Å²) in [7, 11) is 0. The van der Waals surface area contributed by atoms with Crippen LogP contribution in [0.4, 0.5) is 0 Å². The molecule has 0 fully saturated rings. The number of rotatable bonds is 2. The molecule has 0 aliphatic carbocycles. The van der Waals surface area contributed by atoms with Crippen LogP contribution in [-0.2, 0) is 0 Å². The molecule has 9 rings (SSSR count). The molecule has 3 heterocycles. The van der Waals surface area contributed by atoms with Gasteiger partial charge in [0.15, 0.2) is 5.58 Å². The third-order valence-corrected chi connectivity index (χ3v) is 7.95. The van der Waals surface area contributed by atoms with Gasteiger partial charge in [-0.05, 0) is 36.4 Å². The van der Waals surface area contributed by atoms with Gasteiger partial charge >= 0.3 is 6.01 Å². The Morgan fingerprint density at radius 1 is 0.436 bits per heavy atom. The van der Waals surface area contributed by atoms with Gasteiger partial charge in [0.1, 0.15) is 5.52 Å². The maximum absolute atomic E-state index is 6.35. The van der Waals surface area contributed by atoms with E-state index in [1.807, 2.05) is 24.3 Å². The quantitative estimate of drug-likeness (QED) is 0.238. The van der Waals surface area contributed by atoms with Gasteiger partial charge in [-0.15, -0.1) is 0 Å². The normalized spacial score (nSPS) is 12.1. The van der Waals surface area contributed by atoms with Gasteiger partial charge in [-0.2, -0.15) is 4.98 Å². The highest BCUT2D eigenvalue weighted by molar-refractivity contribution is 6.26. The minimum Gasteiger partial charge on any atom is -0.423 e. The first-order valence-electron chi connectivity index (χ1n) is 13.2. The Hall–Kier alpha value is -5.35. The second kappa shape index (κ2) is 7.59. The van der Waals surface area contributed by atoms with Crippen LogP contribution in [0.5, 0.6) is 0 Å². The zero-order valence-corrected chi connectivity index (χ0v) is 20.9. The number of nitrogens with zero attached hydrogens (tertiary/aromatic N) is 3. The second-order valence-electron chi connectivity index (χ2n) is 10.0. The first-order valence-corrected chi connectivity index (χ1v) is 13.2. The Morgan fingerprint density at radius 2 is 0.949 bits per heavy atom. The van der Waals surface area contributed by atoms with Crippen molar-refractivity contribution < 1.29 is 4.42 Å². The summed E-state index contributed by atoms with van der Waals surface area (Å²) >= 11 is 0. The fourth-order valence-corrected chi connectivity index (χ4v) is 6.32. The van der Waals surface area contributed by atoms with E-state index in [2.05, 4.69) is 112 Å². The van der Waals surface area contributed by atoms with Crippen molar-refractivity contribution in [1.29, 1.82) is 0 Å². The van der Waals surface area contributed by atoms with Crippen molar-refractivity contribution >= 4 is 65.5 Å². The first-order chi connectivity index (χ1) is 19.4. The molecule has 3 aromatic heterocycles. The molecular weight excluding hydrogens is 478 g/mol. The minimum atomic E-state index is 0.582. The van der Waals surface area contributed by atoms with E-state index in [-0.39, 0.29) is 0 Å². The Kier molecular flexibility index (Phi) is 4.02. The molecular formula is C35H21N3O. The van der Waals surface area contributed by atoms with Gasteiger partial charge < -0.3 is 8.98 Å². The van der Waals surface area contributed by atoms with Crippen molar-refractivity contribution in [2.24, 2.45) is 0 Å². The van der Waals surface area contributed by atoms with Crippen LogP contribution in [0, 0.1) is 0 Å². The molecule has 0 aliphatic heterocycles. The summed E-state index contributed by atoms with van der Waals surface area (Å²) in [6.07, 6.45) is 0. The van der Waals surface area contributed by atoms with E-state index < -0.39 is 0 Å². The van der Waals surface area contributed by atoms with Gasteiger partial charge in [0, 0.05) is 38.0 Å². The van der Waals surface area contributed by atoms with Crippen molar-refractivity contribution in [1.82, 2.24) is 14.1 Å². The maximum atomic E-state index is 6.35. The number of fused-ring (bicyclic) bond motifs is 10. The lowest BCUT2D eigenvalue weighted by Gasteiger charge is -2.11. The van der Waals surface area contributed by atoms with Crippen LogP contribution < -0.4 is 0 Å². The molecule has 0 amide bonds. The molecule has 0 unspecified atom stereocenters. The molecule has 9 aromatic rings. The van der Waals surface area contributed by atoms with Crippen molar-refractivity contribution in [3.05, 3.63) is 127 Å². The highest BCUT2D eigenvalue weighted by Gasteiger charge is 2.21. The number of benzene rings is 6. The summed E-state index contributed by atoms with van der Waals surface area (Å²) in [5.41, 5.74) is 7.37. The predicted octanol–water partition coefficient (Wildman–Crippen LogP) is 9.18. The lowest BCUT2D eigenvalue weighted by atomic mass is 10.0. The average Bonchev–Trinajstić information content (AvgIpc) is 3.67. The number of hydrogen-bond donors (Lipinski definition) is 0. The molecule has 0 radical (unpaired) electrons. The van der Waals surface area contributed by atoms with Gasteiger partial charge in [0.25, 0.3) is 0 Å². The van der Waals surface area contributed by atoms with Crippen LogP contribution in [0.1, 0.15) is 0 Å². The molecule has 0 aliphatic rings. The lowest BCUT2D eigenvalue weighted by Crippen LogP contribution is -1.96. The number of para-hydroxylation sites is 5. The lowest BCUT2D eigenvalue weighted by molar-refractivity contribution is 0.574. The first kappa shape index (κ1) is 20.7. The van der Waals surface area contributed by atoms with Crippen molar-refractivity contribution in [3.63, 3.8) is 0 Å². The standard InChI is InChI=1S/C35H21N3O/c1-2-10-22(11-3-1)37-30-15-7-4-12-23(30)25-18-21-28-27(33(25)37)20-19-26-24-13-5-8-16-31(24)38(34(26)28)35-36-29-14-6-9-17-32(29)39-35/h1-21H. The molecule has 0 spiro atoms. The highest BCUT2D eigenvalue weighted by atomic mass is 16.4. The average molecular weight is 500 g/mol. The zero-order chi connectivity index (χ0) is 25.5. The Morgan fingerprint density at radius 3 is 1.62 bits per heavy atom. The summed E-state index contributed by atoms with van der Waals surface area (Å²) in [6.45, 7) is 0. The van der Waals surface area contributed by atoms with E-state index in [9.17, 15) is 0 Å². The number of oxazole rings is 1. The molecule has 0 bridgehead atoms. The predicted molar refractivity (Wildman–Crippen MR) is 160 cm³/mol. The summed E-state index contributed by atoms with van der Waals surface area (Å²) in [4.78, 5) is 4.92. The molecule has 0 atom stereocenters. The zero-order valence-electron chi connectivity index (χ0n) is 20.9. The number of aromatic nitrogens is 3. The van der Waals surface area contributed by atoms with Crippen LogP contribution >= 0.6 is 0 Å². The van der Waals surface area contributed by atoms with Gasteiger partial charge in [0.2, 0.25) is 0 Å². The van der Waals surface area contributed by atoms with E-state index in [1.165, 1.54) is 43.4 Å². The number of hydrogen-bond acceptors (Lipinski definition) is 2. The molecule has 0 N–H and O–H groups in total. The molecule has 182 valence electrons. The van der Waals surface area contributed by atoms with E-state index >= 15 is 0 Å². The smallest absolute Gasteiger partial charge is 0.307 e. The third-order valence-electron chi connectivity index (χ3n) is 7.95. The van der Waals surface area contributed by atoms with Crippen LogP contribution in [0.2, 0.25) is 0 Å². The van der Waals surface area contributed by atoms with E-state index in [0.29, 0.717) is 6.01 Å². The molecule has 0 saturated carbocycles. The molecule has 6 aromatic carbocycles. The van der Waals surface area contributed by atoms with Crippen LogP contribution in [0.25, 0.3) is 77.2 Å². The second-order valence-corrected chi connectivity index (χ2v) is 10.0. The Balaban J connectivity index is 1.50. The monoisotopic (exact) mass is 499 g/mol. The Bertz CT molecular complexity index is 2360. The van der Waals surface area contributed by atoms with Gasteiger partial charge in [-0.1, -0.05) is 91.0 Å². The maximum Gasteiger partial charge on any atom is 0.307 e. The summed E-state index contributed by atoms with van der Waals surface area (Å²) in [6, 6.07) is 45.4. The molecule has 4 nitrogen and oxygen atoms in total. The molecule has 39 heavy (non-hydrogen) atoms. The molecule has 0 saturated heterocycles. The van der Waals surface area contributed by atoms with Gasteiger partial charge in [-0.25, -0.2) is 0 Å². The summed E-state index contributed by atoms with van der Waals surface area (Å²) in [5, 5.41) is 7.21. The van der Waals surface area contributed by atoms with Gasteiger partial charge in [0.05, 0.1) is 22.1 Å². The van der Waals surface area contributed by atoms with E-state index in [4.69, 9.17) is 9.40 Å². The minimum absolute atomic E-state index is 0.582.